The van der Waals surface area contributed by atoms with Gasteiger partial charge in [0.1, 0.15) is 0 Å². The van der Waals surface area contributed by atoms with Crippen LogP contribution in [0.5, 0.6) is 0 Å². The highest BCUT2D eigenvalue weighted by Crippen LogP contribution is 2.18. The molecule has 1 amide bonds. The van der Waals surface area contributed by atoms with Gasteiger partial charge in [-0.15, -0.1) is 0 Å². The van der Waals surface area contributed by atoms with E-state index in [2.05, 4.69) is 15.2 Å². The fourth-order valence-electron chi connectivity index (χ4n) is 2.02. The summed E-state index contributed by atoms with van der Waals surface area (Å²) in [6.45, 7) is 4.09. The summed E-state index contributed by atoms with van der Waals surface area (Å²) in [5.74, 6) is 0.100. The van der Waals surface area contributed by atoms with Crippen molar-refractivity contribution in [1.29, 1.82) is 0 Å². The molecule has 2 N–H and O–H groups in total. The van der Waals surface area contributed by atoms with Gasteiger partial charge in [0.25, 0.3) is 0 Å². The fraction of sp³-hybridized carbons (Fsp3) is 0.538. The average molecular weight is 249 g/mol. The summed E-state index contributed by atoms with van der Waals surface area (Å²) >= 11 is 0. The number of nitrogens with one attached hydrogen (secondary N) is 1. The zero-order valence-corrected chi connectivity index (χ0v) is 10.6. The monoisotopic (exact) mass is 249 g/mol. The highest BCUT2D eigenvalue weighted by molar-refractivity contribution is 5.77. The van der Waals surface area contributed by atoms with Crippen LogP contribution >= 0.6 is 0 Å². The third kappa shape index (κ3) is 2.98. The molecule has 5 heteroatoms. The Kier molecular flexibility index (Phi) is 4.15. The Morgan fingerprint density at radius 3 is 3.00 bits per heavy atom. The van der Waals surface area contributed by atoms with Gasteiger partial charge in [0.2, 0.25) is 5.91 Å². The highest BCUT2D eigenvalue weighted by atomic mass is 16.3. The third-order valence-corrected chi connectivity index (χ3v) is 3.18. The van der Waals surface area contributed by atoms with Crippen molar-refractivity contribution in [3.63, 3.8) is 0 Å². The van der Waals surface area contributed by atoms with E-state index in [1.54, 1.807) is 6.20 Å². The molecule has 18 heavy (non-hydrogen) atoms. The number of hydrogen-bond acceptors (Lipinski definition) is 4. The second-order valence-electron chi connectivity index (χ2n) is 4.45. The van der Waals surface area contributed by atoms with Crippen LogP contribution in [0.4, 0.5) is 5.69 Å². The van der Waals surface area contributed by atoms with Crippen molar-refractivity contribution in [2.24, 2.45) is 0 Å². The van der Waals surface area contributed by atoms with E-state index < -0.39 is 6.10 Å². The Morgan fingerprint density at radius 1 is 1.50 bits per heavy atom. The van der Waals surface area contributed by atoms with Crippen molar-refractivity contribution in [2.45, 2.75) is 25.9 Å². The summed E-state index contributed by atoms with van der Waals surface area (Å²) in [6, 6.07) is 3.81. The lowest BCUT2D eigenvalue weighted by molar-refractivity contribution is -0.120. The number of rotatable bonds is 3. The third-order valence-electron chi connectivity index (χ3n) is 3.18. The largest absolute Gasteiger partial charge is 0.387 e. The van der Waals surface area contributed by atoms with Gasteiger partial charge in [0, 0.05) is 26.1 Å². The van der Waals surface area contributed by atoms with Gasteiger partial charge in [-0.05, 0) is 18.6 Å². The Morgan fingerprint density at radius 2 is 2.33 bits per heavy atom. The molecule has 1 fully saturated rings. The lowest BCUT2D eigenvalue weighted by Gasteiger charge is -2.21. The Hall–Kier alpha value is -1.62. The van der Waals surface area contributed by atoms with Crippen molar-refractivity contribution in [1.82, 2.24) is 10.3 Å². The minimum atomic E-state index is -0.494. The fourth-order valence-corrected chi connectivity index (χ4v) is 2.02. The maximum absolute atomic E-state index is 11.3. The molecule has 5 nitrogen and oxygen atoms in total. The summed E-state index contributed by atoms with van der Waals surface area (Å²) < 4.78 is 0. The zero-order valence-electron chi connectivity index (χ0n) is 10.6. The molecule has 1 aliphatic heterocycles. The number of nitrogens with zero attached hydrogens (tertiary/aromatic N) is 2. The molecule has 98 valence electrons. The minimum absolute atomic E-state index is 0.100. The molecule has 0 aromatic carbocycles. The van der Waals surface area contributed by atoms with Crippen LogP contribution < -0.4 is 10.2 Å². The number of carbonyl (C=O) groups is 1. The van der Waals surface area contributed by atoms with Crippen molar-refractivity contribution >= 4 is 11.6 Å². The first-order chi connectivity index (χ1) is 8.70. The maximum Gasteiger partial charge on any atom is 0.221 e. The van der Waals surface area contributed by atoms with Crippen molar-refractivity contribution in [3.05, 3.63) is 24.0 Å². The lowest BCUT2D eigenvalue weighted by Crippen LogP contribution is -2.28. The molecule has 1 aromatic rings. The summed E-state index contributed by atoms with van der Waals surface area (Å²) in [4.78, 5) is 17.7. The number of pyridine rings is 1. The summed E-state index contributed by atoms with van der Waals surface area (Å²) in [7, 11) is 0. The van der Waals surface area contributed by atoms with E-state index in [9.17, 15) is 9.90 Å². The number of carbonyl (C=O) groups excluding carboxylic acids is 1. The molecule has 2 heterocycles. The van der Waals surface area contributed by atoms with Gasteiger partial charge in [-0.25, -0.2) is 0 Å². The first-order valence-electron chi connectivity index (χ1n) is 6.36. The van der Waals surface area contributed by atoms with E-state index in [0.29, 0.717) is 31.6 Å². The number of aromatic nitrogens is 1. The first kappa shape index (κ1) is 12.8. The van der Waals surface area contributed by atoms with E-state index in [1.807, 2.05) is 19.1 Å². The molecule has 0 radical (unpaired) electrons. The average Bonchev–Trinajstić information content (AvgIpc) is 2.63. The molecule has 1 aliphatic rings. The molecule has 1 saturated heterocycles. The first-order valence-corrected chi connectivity index (χ1v) is 6.36. The number of hydrogen-bond donors (Lipinski definition) is 2. The van der Waals surface area contributed by atoms with Gasteiger partial charge in [-0.3, -0.25) is 9.78 Å². The van der Waals surface area contributed by atoms with E-state index in [0.717, 1.165) is 12.2 Å². The van der Waals surface area contributed by atoms with Gasteiger partial charge < -0.3 is 15.3 Å². The highest BCUT2D eigenvalue weighted by Gasteiger charge is 2.14. The molecule has 1 aromatic heterocycles. The maximum atomic E-state index is 11.3. The molecule has 0 bridgehead atoms. The topological polar surface area (TPSA) is 65.5 Å². The summed E-state index contributed by atoms with van der Waals surface area (Å²) in [6.07, 6.45) is 2.45. The molecule has 0 unspecified atom stereocenters. The van der Waals surface area contributed by atoms with Gasteiger partial charge in [-0.2, -0.15) is 0 Å². The van der Waals surface area contributed by atoms with Crippen molar-refractivity contribution in [2.75, 3.05) is 24.5 Å². The van der Waals surface area contributed by atoms with Crippen LogP contribution in [0.25, 0.3) is 0 Å². The molecular formula is C13H19N3O2. The molecule has 2 rings (SSSR count). The number of aliphatic hydroxyl groups is 1. The predicted molar refractivity (Wildman–Crippen MR) is 69.3 cm³/mol. The SMILES string of the molecule is CC[C@H](O)c1ccc(N2CCNC(=O)CC2)cn1. The van der Waals surface area contributed by atoms with Gasteiger partial charge in [0.15, 0.2) is 0 Å². The number of anilines is 1. The van der Waals surface area contributed by atoms with Crippen LogP contribution in [-0.4, -0.2) is 35.6 Å². The Bertz CT molecular complexity index is 405. The quantitative estimate of drug-likeness (QED) is 0.833. The smallest absolute Gasteiger partial charge is 0.221 e. The molecule has 0 aliphatic carbocycles. The Labute approximate surface area is 107 Å². The van der Waals surface area contributed by atoms with Gasteiger partial charge in [0.05, 0.1) is 23.7 Å². The predicted octanol–water partition coefficient (Wildman–Crippen LogP) is 0.851. The van der Waals surface area contributed by atoms with Crippen LogP contribution in [-0.2, 0) is 4.79 Å². The standard InChI is InChI=1S/C13H19N3O2/c1-2-12(17)11-4-3-10(9-15-11)16-7-5-13(18)14-6-8-16/h3-4,9,12,17H,2,5-8H2,1H3,(H,14,18)/t12-/m0/s1. The van der Waals surface area contributed by atoms with Crippen LogP contribution in [0.3, 0.4) is 0 Å². The van der Waals surface area contributed by atoms with Crippen molar-refractivity contribution in [3.8, 4) is 0 Å². The molecule has 0 saturated carbocycles. The molecule has 0 spiro atoms. The zero-order chi connectivity index (χ0) is 13.0. The number of aliphatic hydroxyl groups excluding tert-OH is 1. The van der Waals surface area contributed by atoms with Crippen LogP contribution in [0.1, 0.15) is 31.6 Å². The normalized spacial score (nSPS) is 18.1. The van der Waals surface area contributed by atoms with Gasteiger partial charge in [-0.1, -0.05) is 6.92 Å². The second kappa shape index (κ2) is 5.82. The second-order valence-corrected chi connectivity index (χ2v) is 4.45. The van der Waals surface area contributed by atoms with E-state index in [-0.39, 0.29) is 5.91 Å². The molecular weight excluding hydrogens is 230 g/mol. The van der Waals surface area contributed by atoms with Crippen LogP contribution in [0, 0.1) is 0 Å². The lowest BCUT2D eigenvalue weighted by atomic mass is 10.2. The van der Waals surface area contributed by atoms with Crippen LogP contribution in [0.2, 0.25) is 0 Å². The summed E-state index contributed by atoms with van der Waals surface area (Å²) in [5.41, 5.74) is 1.70. The van der Waals surface area contributed by atoms with E-state index in [1.165, 1.54) is 0 Å². The van der Waals surface area contributed by atoms with Gasteiger partial charge >= 0.3 is 0 Å². The van der Waals surface area contributed by atoms with Crippen molar-refractivity contribution < 1.29 is 9.90 Å². The molecule has 1 atom stereocenters. The Balaban J connectivity index is 2.06. The minimum Gasteiger partial charge on any atom is -0.387 e. The van der Waals surface area contributed by atoms with E-state index >= 15 is 0 Å². The van der Waals surface area contributed by atoms with Crippen LogP contribution in [0.15, 0.2) is 18.3 Å². The summed E-state index contributed by atoms with van der Waals surface area (Å²) in [5, 5.41) is 12.5. The van der Waals surface area contributed by atoms with E-state index in [4.69, 9.17) is 0 Å². The number of amides is 1.